The van der Waals surface area contributed by atoms with E-state index < -0.39 is 74.6 Å². The van der Waals surface area contributed by atoms with Gasteiger partial charge in [-0.05, 0) is 0 Å². The van der Waals surface area contributed by atoms with Crippen LogP contribution in [-0.2, 0) is 14.2 Å². The van der Waals surface area contributed by atoms with Gasteiger partial charge in [0.25, 0.3) is 0 Å². The number of quaternary nitrogens is 1. The smallest absolute Gasteiger partial charge is 0.187 e. The topological polar surface area (TPSA) is 210 Å². The third-order valence-corrected chi connectivity index (χ3v) is 4.75. The normalized spacial score (nSPS) is 41.0. The molecule has 0 saturated carbocycles. The summed E-state index contributed by atoms with van der Waals surface area (Å²) in [6, 6.07) is 0. The minimum absolute atomic E-state index is 0. The first-order valence-electron chi connectivity index (χ1n) is 9.55. The van der Waals surface area contributed by atoms with E-state index in [4.69, 9.17) is 24.4 Å². The maximum atomic E-state index is 9.94. The monoisotopic (exact) mass is 481 g/mol. The number of aliphatic hydroxyl groups is 9. The van der Waals surface area contributed by atoms with Crippen LogP contribution in [0.15, 0.2) is 0 Å². The molecule has 2 saturated heterocycles. The lowest BCUT2D eigenvalue weighted by molar-refractivity contribution is -0.870. The predicted molar refractivity (Wildman–Crippen MR) is 98.6 cm³/mol. The number of ether oxygens (including phenoxy) is 3. The van der Waals surface area contributed by atoms with Crippen LogP contribution in [0.5, 0.6) is 0 Å². The number of hydrogen-bond donors (Lipinski definition) is 9. The highest BCUT2D eigenvalue weighted by Crippen LogP contribution is 2.28. The second kappa shape index (κ2) is 13.5. The summed E-state index contributed by atoms with van der Waals surface area (Å²) in [5, 5.41) is 84.9. The van der Waals surface area contributed by atoms with E-state index in [1.165, 1.54) is 0 Å². The highest BCUT2D eigenvalue weighted by Gasteiger charge is 2.50. The quantitative estimate of drug-likeness (QED) is 0.162. The predicted octanol–water partition coefficient (Wildman–Crippen LogP) is -8.71. The van der Waals surface area contributed by atoms with Gasteiger partial charge in [0.05, 0.1) is 41.0 Å². The molecular weight excluding hydrogens is 446 g/mol. The van der Waals surface area contributed by atoms with Crippen LogP contribution in [0.2, 0.25) is 0 Å². The van der Waals surface area contributed by atoms with Gasteiger partial charge in [-0.25, -0.2) is 0 Å². The molecule has 0 radical (unpaired) electrons. The molecule has 0 spiro atoms. The fourth-order valence-electron chi connectivity index (χ4n) is 2.87. The van der Waals surface area contributed by atoms with Crippen LogP contribution in [0, 0.1) is 0 Å². The molecule has 0 bridgehead atoms. The average molecular weight is 482 g/mol. The van der Waals surface area contributed by atoms with Crippen molar-refractivity contribution in [1.82, 2.24) is 0 Å². The van der Waals surface area contributed by atoms with Gasteiger partial charge in [0.2, 0.25) is 0 Å². The van der Waals surface area contributed by atoms with Crippen LogP contribution in [0.3, 0.4) is 0 Å². The molecule has 0 unspecified atom stereocenters. The summed E-state index contributed by atoms with van der Waals surface area (Å²) in [6.45, 7) is -0.230. The zero-order valence-electron chi connectivity index (χ0n) is 17.7. The van der Waals surface area contributed by atoms with Gasteiger partial charge in [-0.15, -0.1) is 0 Å². The maximum absolute atomic E-state index is 9.94. The first kappa shape index (κ1) is 30.8. The number of halogens is 1. The Morgan fingerprint density at radius 3 is 1.68 bits per heavy atom. The molecule has 0 aliphatic carbocycles. The summed E-state index contributed by atoms with van der Waals surface area (Å²) < 4.78 is 16.1. The lowest BCUT2D eigenvalue weighted by Gasteiger charge is -2.45. The number of rotatable bonds is 6. The molecule has 188 valence electrons. The summed E-state index contributed by atoms with van der Waals surface area (Å²) in [5.74, 6) is 0. The molecule has 13 nitrogen and oxygen atoms in total. The highest BCUT2D eigenvalue weighted by atomic mass is 35.5. The molecule has 14 heteroatoms. The van der Waals surface area contributed by atoms with Crippen molar-refractivity contribution in [3.05, 3.63) is 0 Å². The molecule has 0 amide bonds. The first-order chi connectivity index (χ1) is 13.9. The molecule has 0 aromatic rings. The van der Waals surface area contributed by atoms with Crippen molar-refractivity contribution in [2.24, 2.45) is 0 Å². The largest absolute Gasteiger partial charge is 1.00 e. The molecule has 2 rings (SSSR count). The Morgan fingerprint density at radius 2 is 1.26 bits per heavy atom. The molecule has 10 atom stereocenters. The molecule has 0 aromatic carbocycles. The van der Waals surface area contributed by atoms with Gasteiger partial charge in [-0.3, -0.25) is 0 Å². The van der Waals surface area contributed by atoms with E-state index >= 15 is 0 Å². The second-order valence-corrected chi connectivity index (χ2v) is 8.26. The van der Waals surface area contributed by atoms with Gasteiger partial charge >= 0.3 is 0 Å². The molecular formula is C17H36ClNO12. The Kier molecular flexibility index (Phi) is 13.4. The third-order valence-electron chi connectivity index (χ3n) is 4.75. The number of aliphatic hydroxyl groups excluding tert-OH is 9. The van der Waals surface area contributed by atoms with Crippen molar-refractivity contribution in [1.29, 1.82) is 0 Å². The minimum atomic E-state index is -1.74. The Hall–Kier alpha value is -0.230. The van der Waals surface area contributed by atoms with Crippen LogP contribution < -0.4 is 12.4 Å². The summed E-state index contributed by atoms with van der Waals surface area (Å²) in [6.07, 6.45) is -15.6. The number of nitrogens with zero attached hydrogens (tertiary/aromatic N) is 1. The van der Waals surface area contributed by atoms with Gasteiger partial charge in [0.15, 0.2) is 12.6 Å². The summed E-state index contributed by atoms with van der Waals surface area (Å²) in [4.78, 5) is 0. The van der Waals surface area contributed by atoms with E-state index in [0.717, 1.165) is 11.0 Å². The van der Waals surface area contributed by atoms with Crippen molar-refractivity contribution >= 4 is 0 Å². The van der Waals surface area contributed by atoms with Crippen molar-refractivity contribution in [2.45, 2.75) is 61.4 Å². The fraction of sp³-hybridized carbons (Fsp3) is 1.00. The minimum Gasteiger partial charge on any atom is -1.00 e. The summed E-state index contributed by atoms with van der Waals surface area (Å²) in [7, 11) is 6.16. The fourth-order valence-corrected chi connectivity index (χ4v) is 2.87. The summed E-state index contributed by atoms with van der Waals surface area (Å²) in [5.41, 5.74) is 0. The van der Waals surface area contributed by atoms with Crippen molar-refractivity contribution in [3.63, 3.8) is 0 Å². The zero-order valence-corrected chi connectivity index (χ0v) is 18.4. The third kappa shape index (κ3) is 8.57. The van der Waals surface area contributed by atoms with Gasteiger partial charge in [0.1, 0.15) is 55.4 Å². The van der Waals surface area contributed by atoms with Crippen LogP contribution in [0.4, 0.5) is 0 Å². The van der Waals surface area contributed by atoms with Crippen molar-refractivity contribution < 1.29 is 77.1 Å². The summed E-state index contributed by atoms with van der Waals surface area (Å²) >= 11 is 0. The standard InChI is InChI=1S/C12H22O11.C5H14NO.ClH/c13-1-3-5(15)6(16)9(19)12(22-3)23-10-4(2-14)21-11(20)8(18)7(10)17;1-6(2,3)4-5-7;/h3-20H,1-2H2;7H,4-5H2,1-3H3;1H/q;+1;/p-1/t3-,4-,5+,6+,7-,8-,9-,10-,11+,12+;;/m1../s1. The van der Waals surface area contributed by atoms with E-state index in [1.807, 2.05) is 0 Å². The van der Waals surface area contributed by atoms with Gasteiger partial charge in [0, 0.05) is 0 Å². The van der Waals surface area contributed by atoms with E-state index in [0.29, 0.717) is 0 Å². The molecule has 0 aromatic heterocycles. The van der Waals surface area contributed by atoms with E-state index in [2.05, 4.69) is 21.1 Å². The van der Waals surface area contributed by atoms with Gasteiger partial charge in [-0.2, -0.15) is 0 Å². The molecule has 9 N–H and O–H groups in total. The SMILES string of the molecule is C[N+](C)(C)CCO.OC[C@H]1O[C@@H](O[C@H]2[C@H](O)[C@@H](O)[C@@H](O)O[C@@H]2CO)[C@H](O)[C@@H](O)[C@H]1O.[Cl-]. The molecule has 2 heterocycles. The van der Waals surface area contributed by atoms with Crippen molar-refractivity contribution in [3.8, 4) is 0 Å². The Labute approximate surface area is 186 Å². The van der Waals surface area contributed by atoms with Crippen LogP contribution in [0.25, 0.3) is 0 Å². The number of likely N-dealkylation sites (N-methyl/N-ethyl adjacent to an activating group) is 1. The maximum Gasteiger partial charge on any atom is 0.187 e. The first-order valence-corrected chi connectivity index (χ1v) is 9.55. The van der Waals surface area contributed by atoms with E-state index in [1.54, 1.807) is 0 Å². The molecule has 2 aliphatic heterocycles. The van der Waals surface area contributed by atoms with Crippen LogP contribution >= 0.6 is 0 Å². The average Bonchev–Trinajstić information content (AvgIpc) is 2.67. The Morgan fingerprint density at radius 1 is 0.710 bits per heavy atom. The highest BCUT2D eigenvalue weighted by molar-refractivity contribution is 4.93. The number of hydrogen-bond acceptors (Lipinski definition) is 12. The Bertz CT molecular complexity index is 494. The molecule has 31 heavy (non-hydrogen) atoms. The molecule has 2 fully saturated rings. The second-order valence-electron chi connectivity index (χ2n) is 8.26. The lowest BCUT2D eigenvalue weighted by atomic mass is 9.97. The van der Waals surface area contributed by atoms with Crippen molar-refractivity contribution in [2.75, 3.05) is 47.5 Å². The van der Waals surface area contributed by atoms with Gasteiger partial charge in [-0.1, -0.05) is 0 Å². The van der Waals surface area contributed by atoms with Crippen LogP contribution in [-0.4, -0.2) is 159 Å². The zero-order chi connectivity index (χ0) is 23.2. The molecule has 2 aliphatic rings. The van der Waals surface area contributed by atoms with Gasteiger partial charge < -0.3 is 77.1 Å². The van der Waals surface area contributed by atoms with Crippen LogP contribution in [0.1, 0.15) is 0 Å². The van der Waals surface area contributed by atoms with E-state index in [-0.39, 0.29) is 19.0 Å². The Balaban J connectivity index is 0.000000975. The lowest BCUT2D eigenvalue weighted by Crippen LogP contribution is -3.00. The van der Waals surface area contributed by atoms with E-state index in [9.17, 15) is 35.7 Å².